The van der Waals surface area contributed by atoms with E-state index < -0.39 is 16.6 Å². The fourth-order valence-electron chi connectivity index (χ4n) is 5.35. The van der Waals surface area contributed by atoms with E-state index in [1.54, 1.807) is 0 Å². The molecule has 0 aliphatic heterocycles. The molecule has 0 aliphatic carbocycles. The maximum atomic E-state index is 8.75. The average molecular weight is 573 g/mol. The Bertz CT molecular complexity index is 391. The van der Waals surface area contributed by atoms with Gasteiger partial charge in [-0.15, -0.1) is 0 Å². The van der Waals surface area contributed by atoms with Gasteiger partial charge in [-0.25, -0.2) is 0 Å². The molecule has 0 aromatic carbocycles. The Balaban J connectivity index is 0. The number of aliphatic hydroxyl groups excluding tert-OH is 1. The number of hydrogen-bond donors (Lipinski definition) is 1. The Hall–Kier alpha value is 0.354. The van der Waals surface area contributed by atoms with E-state index in [1.807, 2.05) is 0 Å². The Morgan fingerprint density at radius 1 is 0.342 bits per heavy atom. The van der Waals surface area contributed by atoms with E-state index in [-0.39, 0.29) is 0 Å². The van der Waals surface area contributed by atoms with Gasteiger partial charge in [-0.1, -0.05) is 167 Å². The van der Waals surface area contributed by atoms with Crippen molar-refractivity contribution in [1.82, 2.24) is 0 Å². The highest BCUT2D eigenvalue weighted by Gasteiger charge is 2.24. The highest BCUT2D eigenvalue weighted by molar-refractivity contribution is 6.83. The molecular formula is C34H76O2Si2. The zero-order chi connectivity index (χ0) is 28.8. The van der Waals surface area contributed by atoms with E-state index in [0.29, 0.717) is 6.61 Å². The second-order valence-electron chi connectivity index (χ2n) is 13.9. The lowest BCUT2D eigenvalue weighted by Crippen LogP contribution is -2.39. The summed E-state index contributed by atoms with van der Waals surface area (Å²) in [6.07, 6.45) is 37.1. The van der Waals surface area contributed by atoms with Crippen molar-refractivity contribution >= 4 is 16.6 Å². The quantitative estimate of drug-likeness (QED) is 0.0746. The van der Waals surface area contributed by atoms with Gasteiger partial charge in [0.25, 0.3) is 0 Å². The van der Waals surface area contributed by atoms with Crippen molar-refractivity contribution in [2.45, 2.75) is 213 Å². The van der Waals surface area contributed by atoms with Crippen LogP contribution in [0.5, 0.6) is 0 Å². The minimum atomic E-state index is -1.23. The van der Waals surface area contributed by atoms with Crippen LogP contribution in [0.3, 0.4) is 0 Å². The Morgan fingerprint density at radius 2 is 0.526 bits per heavy atom. The third kappa shape index (κ3) is 43.4. The summed E-state index contributed by atoms with van der Waals surface area (Å²) in [6, 6.07) is 0. The molecule has 2 nitrogen and oxygen atoms in total. The van der Waals surface area contributed by atoms with Crippen molar-refractivity contribution < 1.29 is 9.22 Å². The first-order chi connectivity index (χ1) is 18.1. The second kappa shape index (κ2) is 30.3. The first kappa shape index (κ1) is 40.5. The molecule has 0 bridgehead atoms. The first-order valence-electron chi connectivity index (χ1n) is 17.4. The third-order valence-corrected chi connectivity index (χ3v) is 12.0. The fourth-order valence-corrected chi connectivity index (χ4v) is 12.7. The van der Waals surface area contributed by atoms with Crippen molar-refractivity contribution in [3.8, 4) is 0 Å². The van der Waals surface area contributed by atoms with Gasteiger partial charge in [0, 0.05) is 6.61 Å². The van der Waals surface area contributed by atoms with Crippen LogP contribution in [0.4, 0.5) is 0 Å². The molecule has 0 radical (unpaired) electrons. The van der Waals surface area contributed by atoms with Crippen molar-refractivity contribution in [2.75, 3.05) is 6.61 Å². The van der Waals surface area contributed by atoms with Crippen LogP contribution in [0.25, 0.3) is 0 Å². The molecule has 0 saturated carbocycles. The monoisotopic (exact) mass is 573 g/mol. The van der Waals surface area contributed by atoms with Crippen LogP contribution >= 0.6 is 0 Å². The maximum absolute atomic E-state index is 8.75. The standard InChI is InChI=1S/C28H58O.C6H18OSi2/c1-2-3-4-5-6-7-8-9-10-11-12-13-14-15-16-17-18-19-20-21-22-23-24-25-26-27-28-29;1-8(2,3)7-9(4,5)6/h29H,2-28H2,1H3;1-6H3. The second-order valence-corrected chi connectivity index (χ2v) is 23.2. The van der Waals surface area contributed by atoms with Crippen LogP contribution in [0, 0.1) is 0 Å². The smallest absolute Gasteiger partial charge is 0.170 e. The number of unbranched alkanes of at least 4 members (excludes halogenated alkanes) is 25. The lowest BCUT2D eigenvalue weighted by Gasteiger charge is -2.27. The lowest BCUT2D eigenvalue weighted by atomic mass is 10.0. The zero-order valence-electron chi connectivity index (χ0n) is 27.9. The van der Waals surface area contributed by atoms with Gasteiger partial charge in [-0.3, -0.25) is 0 Å². The van der Waals surface area contributed by atoms with Crippen LogP contribution in [0.2, 0.25) is 39.3 Å². The Labute approximate surface area is 245 Å². The molecule has 0 spiro atoms. The third-order valence-electron chi connectivity index (χ3n) is 7.12. The summed E-state index contributed by atoms with van der Waals surface area (Å²) in [5.74, 6) is 0. The molecule has 0 aromatic heterocycles. The van der Waals surface area contributed by atoms with Crippen molar-refractivity contribution in [1.29, 1.82) is 0 Å². The maximum Gasteiger partial charge on any atom is 0.170 e. The van der Waals surface area contributed by atoms with E-state index in [4.69, 9.17) is 9.22 Å². The summed E-state index contributed by atoms with van der Waals surface area (Å²) in [5, 5.41) is 8.75. The highest BCUT2D eigenvalue weighted by Crippen LogP contribution is 2.16. The van der Waals surface area contributed by atoms with Gasteiger partial charge >= 0.3 is 0 Å². The van der Waals surface area contributed by atoms with Crippen molar-refractivity contribution in [3.63, 3.8) is 0 Å². The van der Waals surface area contributed by atoms with Gasteiger partial charge in [0.1, 0.15) is 0 Å². The van der Waals surface area contributed by atoms with Crippen molar-refractivity contribution in [2.24, 2.45) is 0 Å². The average Bonchev–Trinajstić information content (AvgIpc) is 2.82. The Morgan fingerprint density at radius 3 is 0.658 bits per heavy atom. The van der Waals surface area contributed by atoms with E-state index in [2.05, 4.69) is 46.2 Å². The summed E-state index contributed by atoms with van der Waals surface area (Å²) >= 11 is 0. The molecule has 1 N–H and O–H groups in total. The van der Waals surface area contributed by atoms with Crippen LogP contribution < -0.4 is 0 Å². The number of hydrogen-bond acceptors (Lipinski definition) is 2. The topological polar surface area (TPSA) is 29.5 Å². The van der Waals surface area contributed by atoms with E-state index in [0.717, 1.165) is 6.42 Å². The molecule has 0 unspecified atom stereocenters. The van der Waals surface area contributed by atoms with Crippen LogP contribution in [0.1, 0.15) is 174 Å². The van der Waals surface area contributed by atoms with Crippen LogP contribution in [0.15, 0.2) is 0 Å². The molecule has 0 amide bonds. The molecule has 4 heteroatoms. The largest absolute Gasteiger partial charge is 0.456 e. The van der Waals surface area contributed by atoms with E-state index >= 15 is 0 Å². The van der Waals surface area contributed by atoms with E-state index in [9.17, 15) is 0 Å². The molecule has 0 atom stereocenters. The van der Waals surface area contributed by atoms with Gasteiger partial charge in [-0.05, 0) is 45.7 Å². The lowest BCUT2D eigenvalue weighted by molar-refractivity contribution is 0.282. The summed E-state index contributed by atoms with van der Waals surface area (Å²) in [5.41, 5.74) is 0. The van der Waals surface area contributed by atoms with E-state index in [1.165, 1.54) is 161 Å². The molecule has 0 aromatic rings. The molecule has 0 saturated heterocycles. The molecule has 0 heterocycles. The van der Waals surface area contributed by atoms with Crippen molar-refractivity contribution in [3.05, 3.63) is 0 Å². The fraction of sp³-hybridized carbons (Fsp3) is 1.00. The predicted molar refractivity (Wildman–Crippen MR) is 181 cm³/mol. The molecule has 0 fully saturated rings. The first-order valence-corrected chi connectivity index (χ1v) is 24.2. The molecule has 0 aliphatic rings. The van der Waals surface area contributed by atoms with Crippen LogP contribution in [-0.4, -0.2) is 28.3 Å². The summed E-state index contributed by atoms with van der Waals surface area (Å²) in [6.45, 7) is 16.1. The van der Waals surface area contributed by atoms with Crippen LogP contribution in [-0.2, 0) is 4.12 Å². The van der Waals surface area contributed by atoms with Gasteiger partial charge in [0.05, 0.1) is 0 Å². The van der Waals surface area contributed by atoms with Gasteiger partial charge in [-0.2, -0.15) is 0 Å². The SMILES string of the molecule is CCCCCCCCCCCCCCCCCCCCCCCCCCCCO.C[Si](C)(C)O[Si](C)(C)C. The zero-order valence-corrected chi connectivity index (χ0v) is 29.9. The molecule has 232 valence electrons. The predicted octanol–water partition coefficient (Wildman–Crippen LogP) is 12.8. The minimum Gasteiger partial charge on any atom is -0.456 e. The van der Waals surface area contributed by atoms with Gasteiger partial charge in [0.2, 0.25) is 0 Å². The number of aliphatic hydroxyl groups is 1. The summed E-state index contributed by atoms with van der Waals surface area (Å²) in [4.78, 5) is 0. The molecule has 0 rings (SSSR count). The highest BCUT2D eigenvalue weighted by atomic mass is 28.4. The molecule has 38 heavy (non-hydrogen) atoms. The summed E-state index contributed by atoms with van der Waals surface area (Å²) in [7, 11) is -2.46. The van der Waals surface area contributed by atoms with Gasteiger partial charge in [0.15, 0.2) is 16.6 Å². The minimum absolute atomic E-state index is 0.374. The molecular weight excluding hydrogens is 497 g/mol. The normalized spacial score (nSPS) is 12.0. The summed E-state index contributed by atoms with van der Waals surface area (Å²) < 4.78 is 5.90. The number of rotatable bonds is 28. The Kier molecular flexibility index (Phi) is 32.3. The van der Waals surface area contributed by atoms with Gasteiger partial charge < -0.3 is 9.22 Å².